The third kappa shape index (κ3) is 3.55. The highest BCUT2D eigenvalue weighted by Crippen LogP contribution is 2.66. The van der Waals surface area contributed by atoms with Gasteiger partial charge in [-0.25, -0.2) is 0 Å². The van der Waals surface area contributed by atoms with Crippen LogP contribution < -0.4 is 10.1 Å². The van der Waals surface area contributed by atoms with Crippen molar-refractivity contribution in [1.82, 2.24) is 0 Å². The first kappa shape index (κ1) is 20.5. The summed E-state index contributed by atoms with van der Waals surface area (Å²) in [5.41, 5.74) is 5.10. The van der Waals surface area contributed by atoms with Gasteiger partial charge < -0.3 is 10.1 Å². The number of amides is 1. The molecule has 4 fully saturated rings. The van der Waals surface area contributed by atoms with Gasteiger partial charge in [0.2, 0.25) is 0 Å². The Kier molecular flexibility index (Phi) is 4.83. The highest BCUT2D eigenvalue weighted by atomic mass is 16.5. The summed E-state index contributed by atoms with van der Waals surface area (Å²) in [7, 11) is 1.63. The molecule has 0 unspecified atom stereocenters. The van der Waals surface area contributed by atoms with Gasteiger partial charge in [-0.3, -0.25) is 4.79 Å². The van der Waals surface area contributed by atoms with Crippen molar-refractivity contribution < 1.29 is 9.53 Å². The smallest absolute Gasteiger partial charge is 0.255 e. The Hall–Kier alpha value is -3.07. The summed E-state index contributed by atoms with van der Waals surface area (Å²) in [6, 6.07) is 27.2. The average molecular weight is 438 g/mol. The molecule has 0 heterocycles. The van der Waals surface area contributed by atoms with Crippen LogP contribution in [0.5, 0.6) is 5.75 Å². The number of carbonyl (C=O) groups is 1. The molecule has 33 heavy (non-hydrogen) atoms. The molecule has 0 aromatic heterocycles. The maximum absolute atomic E-state index is 12.7. The average Bonchev–Trinajstić information content (AvgIpc) is 2.84. The Bertz CT molecular complexity index is 1140. The predicted molar refractivity (Wildman–Crippen MR) is 132 cm³/mol. The first-order valence-corrected chi connectivity index (χ1v) is 12.2. The second-order valence-electron chi connectivity index (χ2n) is 10.6. The summed E-state index contributed by atoms with van der Waals surface area (Å²) in [5, 5.41) is 3.05. The van der Waals surface area contributed by atoms with Gasteiger partial charge in [0.05, 0.1) is 7.11 Å². The minimum Gasteiger partial charge on any atom is -0.497 e. The van der Waals surface area contributed by atoms with Crippen molar-refractivity contribution in [1.29, 1.82) is 0 Å². The third-order valence-electron chi connectivity index (χ3n) is 8.55. The van der Waals surface area contributed by atoms with Crippen molar-refractivity contribution in [3.05, 3.63) is 95.6 Å². The summed E-state index contributed by atoms with van der Waals surface area (Å²) in [4.78, 5) is 12.7. The van der Waals surface area contributed by atoms with Gasteiger partial charge in [0, 0.05) is 11.3 Å². The second kappa shape index (κ2) is 7.76. The van der Waals surface area contributed by atoms with Crippen LogP contribution in [0.25, 0.3) is 0 Å². The first-order valence-electron chi connectivity index (χ1n) is 12.2. The van der Waals surface area contributed by atoms with E-state index in [-0.39, 0.29) is 11.3 Å². The number of ether oxygens (including phenoxy) is 1. The van der Waals surface area contributed by atoms with Crippen molar-refractivity contribution >= 4 is 11.6 Å². The summed E-state index contributed by atoms with van der Waals surface area (Å²) < 4.78 is 5.18. The zero-order valence-electron chi connectivity index (χ0n) is 19.2. The van der Waals surface area contributed by atoms with Gasteiger partial charge in [-0.05, 0) is 109 Å². The van der Waals surface area contributed by atoms with Crippen LogP contribution in [0.2, 0.25) is 0 Å². The third-order valence-corrected chi connectivity index (χ3v) is 8.55. The largest absolute Gasteiger partial charge is 0.497 e. The van der Waals surface area contributed by atoms with Gasteiger partial charge in [0.25, 0.3) is 5.91 Å². The fourth-order valence-electron chi connectivity index (χ4n) is 7.58. The minimum absolute atomic E-state index is 0.0942. The van der Waals surface area contributed by atoms with Crippen LogP contribution in [-0.2, 0) is 10.8 Å². The number of rotatable bonds is 5. The van der Waals surface area contributed by atoms with E-state index in [1.54, 1.807) is 24.8 Å². The molecule has 0 aliphatic heterocycles. The van der Waals surface area contributed by atoms with Crippen molar-refractivity contribution in [2.45, 2.75) is 49.4 Å². The standard InChI is InChI=1S/C30H31NO2/c1-33-27-13-7-23(8-14-27)28(32)31-26-11-9-25(10-12-26)30-18-21-15-22(19-30)17-29(16-21,20-30)24-5-3-2-4-6-24/h2-14,21-22H,15-20H2,1H3,(H,31,32)/t21-,22-,29?,30?/m1/s1. The van der Waals surface area contributed by atoms with E-state index in [0.29, 0.717) is 11.0 Å². The van der Waals surface area contributed by atoms with Gasteiger partial charge in [-0.2, -0.15) is 0 Å². The van der Waals surface area contributed by atoms with Gasteiger partial charge in [-0.1, -0.05) is 42.5 Å². The van der Waals surface area contributed by atoms with E-state index in [4.69, 9.17) is 4.74 Å². The van der Waals surface area contributed by atoms with Crippen molar-refractivity contribution in [3.8, 4) is 5.75 Å². The molecule has 1 N–H and O–H groups in total. The summed E-state index contributed by atoms with van der Waals surface area (Å²) in [6.45, 7) is 0. The zero-order valence-corrected chi connectivity index (χ0v) is 19.2. The molecule has 0 radical (unpaired) electrons. The molecule has 4 saturated carbocycles. The first-order chi connectivity index (χ1) is 16.1. The van der Waals surface area contributed by atoms with Crippen LogP contribution in [0.4, 0.5) is 5.69 Å². The van der Waals surface area contributed by atoms with Crippen LogP contribution in [0, 0.1) is 11.8 Å². The monoisotopic (exact) mass is 437 g/mol. The van der Waals surface area contributed by atoms with E-state index in [0.717, 1.165) is 23.3 Å². The maximum atomic E-state index is 12.7. The highest BCUT2D eigenvalue weighted by molar-refractivity contribution is 6.04. The molecule has 1 amide bonds. The second-order valence-corrected chi connectivity index (χ2v) is 10.6. The van der Waals surface area contributed by atoms with E-state index in [1.807, 2.05) is 12.1 Å². The van der Waals surface area contributed by atoms with Crippen LogP contribution in [0.3, 0.4) is 0 Å². The fourth-order valence-corrected chi connectivity index (χ4v) is 7.58. The fraction of sp³-hybridized carbons (Fsp3) is 0.367. The van der Waals surface area contributed by atoms with Crippen molar-refractivity contribution in [3.63, 3.8) is 0 Å². The van der Waals surface area contributed by atoms with E-state index < -0.39 is 0 Å². The van der Waals surface area contributed by atoms with Gasteiger partial charge in [0.1, 0.15) is 5.75 Å². The molecule has 4 aliphatic rings. The SMILES string of the molecule is COc1ccc(C(=O)Nc2ccc(C34C[C@@H]5C[C@H](CC(c6ccccc6)(C5)C3)C4)cc2)cc1. The van der Waals surface area contributed by atoms with Gasteiger partial charge in [0.15, 0.2) is 0 Å². The summed E-state index contributed by atoms with van der Waals surface area (Å²) in [5.74, 6) is 2.32. The predicted octanol–water partition coefficient (Wildman–Crippen LogP) is 6.74. The molecule has 3 aromatic carbocycles. The van der Waals surface area contributed by atoms with E-state index >= 15 is 0 Å². The van der Waals surface area contributed by atoms with Crippen molar-refractivity contribution in [2.75, 3.05) is 12.4 Å². The number of benzene rings is 3. The lowest BCUT2D eigenvalue weighted by Crippen LogP contribution is -2.55. The van der Waals surface area contributed by atoms with Crippen LogP contribution in [-0.4, -0.2) is 13.0 Å². The highest BCUT2D eigenvalue weighted by Gasteiger charge is 2.58. The Balaban J connectivity index is 1.24. The van der Waals surface area contributed by atoms with Crippen LogP contribution in [0.1, 0.15) is 60.0 Å². The number of methoxy groups -OCH3 is 1. The molecule has 0 saturated heterocycles. The lowest BCUT2D eigenvalue weighted by molar-refractivity contribution is -0.0281. The van der Waals surface area contributed by atoms with Gasteiger partial charge >= 0.3 is 0 Å². The number of hydrogen-bond donors (Lipinski definition) is 1. The number of carbonyl (C=O) groups excluding carboxylic acids is 1. The summed E-state index contributed by atoms with van der Waals surface area (Å²) in [6.07, 6.45) is 8.00. The Morgan fingerprint density at radius 2 is 1.36 bits per heavy atom. The Morgan fingerprint density at radius 1 is 0.788 bits per heavy atom. The van der Waals surface area contributed by atoms with E-state index in [2.05, 4.69) is 59.9 Å². The van der Waals surface area contributed by atoms with E-state index in [9.17, 15) is 4.79 Å². The molecule has 3 heteroatoms. The molecule has 3 nitrogen and oxygen atoms in total. The molecule has 4 aliphatic carbocycles. The minimum atomic E-state index is -0.0942. The Morgan fingerprint density at radius 3 is 1.94 bits per heavy atom. The van der Waals surface area contributed by atoms with Crippen LogP contribution in [0.15, 0.2) is 78.9 Å². The van der Waals surface area contributed by atoms with Gasteiger partial charge in [-0.15, -0.1) is 0 Å². The lowest BCUT2D eigenvalue weighted by Gasteiger charge is -2.62. The summed E-state index contributed by atoms with van der Waals surface area (Å²) >= 11 is 0. The molecule has 3 aromatic rings. The lowest BCUT2D eigenvalue weighted by atomic mass is 9.42. The topological polar surface area (TPSA) is 38.3 Å². The quantitative estimate of drug-likeness (QED) is 0.480. The molecule has 4 bridgehead atoms. The Labute approximate surface area is 196 Å². The number of nitrogens with one attached hydrogen (secondary N) is 1. The molecule has 0 spiro atoms. The zero-order chi connectivity index (χ0) is 22.5. The molecule has 168 valence electrons. The normalized spacial score (nSPS) is 29.6. The van der Waals surface area contributed by atoms with E-state index in [1.165, 1.54) is 44.1 Å². The van der Waals surface area contributed by atoms with Crippen LogP contribution >= 0.6 is 0 Å². The molecular formula is C30H31NO2. The number of hydrogen-bond acceptors (Lipinski definition) is 2. The molecule has 7 rings (SSSR count). The number of anilines is 1. The molecular weight excluding hydrogens is 406 g/mol. The molecule has 2 atom stereocenters. The van der Waals surface area contributed by atoms with Crippen molar-refractivity contribution in [2.24, 2.45) is 11.8 Å². The maximum Gasteiger partial charge on any atom is 0.255 e.